The van der Waals surface area contributed by atoms with Gasteiger partial charge in [0, 0.05) is 19.5 Å². The number of nitrogens with zero attached hydrogens (tertiary/aromatic N) is 1. The molecule has 0 N–H and O–H groups in total. The highest BCUT2D eigenvalue weighted by atomic mass is 16.7. The van der Waals surface area contributed by atoms with Crippen molar-refractivity contribution in [2.24, 2.45) is 5.92 Å². The van der Waals surface area contributed by atoms with Crippen molar-refractivity contribution in [3.05, 3.63) is 0 Å². The zero-order valence-corrected chi connectivity index (χ0v) is 11.2. The van der Waals surface area contributed by atoms with Crippen molar-refractivity contribution in [2.75, 3.05) is 40.0 Å². The molecule has 2 heterocycles. The Labute approximate surface area is 111 Å². The molecule has 7 nitrogen and oxygen atoms in total. The van der Waals surface area contributed by atoms with Gasteiger partial charge < -0.3 is 23.8 Å². The van der Waals surface area contributed by atoms with Gasteiger partial charge >= 0.3 is 12.1 Å². The zero-order valence-electron chi connectivity index (χ0n) is 11.2. The Bertz CT molecular complexity index is 352. The molecular formula is C12H19NO6. The number of esters is 1. The van der Waals surface area contributed by atoms with Crippen molar-refractivity contribution < 1.29 is 28.5 Å². The van der Waals surface area contributed by atoms with Gasteiger partial charge in [-0.25, -0.2) is 4.79 Å². The number of carbonyl (C=O) groups excluding carboxylic acids is 2. The number of hydrogen-bond donors (Lipinski definition) is 0. The Kier molecular flexibility index (Phi) is 4.26. The number of carbonyl (C=O) groups is 2. The molecule has 2 aliphatic rings. The topological polar surface area (TPSA) is 74.3 Å². The highest BCUT2D eigenvalue weighted by Gasteiger charge is 2.53. The van der Waals surface area contributed by atoms with E-state index < -0.39 is 23.8 Å². The molecular weight excluding hydrogens is 254 g/mol. The van der Waals surface area contributed by atoms with E-state index in [-0.39, 0.29) is 13.2 Å². The second-order valence-electron chi connectivity index (χ2n) is 4.48. The lowest BCUT2D eigenvalue weighted by Crippen LogP contribution is -2.57. The van der Waals surface area contributed by atoms with E-state index in [9.17, 15) is 9.59 Å². The van der Waals surface area contributed by atoms with Crippen molar-refractivity contribution in [2.45, 2.75) is 19.1 Å². The molecule has 0 aromatic carbocycles. The summed E-state index contributed by atoms with van der Waals surface area (Å²) in [5.41, 5.74) is 0. The van der Waals surface area contributed by atoms with Crippen LogP contribution < -0.4 is 0 Å². The van der Waals surface area contributed by atoms with Gasteiger partial charge in [0.25, 0.3) is 0 Å². The van der Waals surface area contributed by atoms with Crippen LogP contribution in [-0.4, -0.2) is 62.8 Å². The first-order valence-corrected chi connectivity index (χ1v) is 6.40. The average Bonchev–Trinajstić information content (AvgIpc) is 2.87. The minimum Gasteiger partial charge on any atom is -0.466 e. The molecule has 0 unspecified atom stereocenters. The summed E-state index contributed by atoms with van der Waals surface area (Å²) in [6.45, 7) is 3.54. The maximum Gasteiger partial charge on any atom is 0.409 e. The fourth-order valence-electron chi connectivity index (χ4n) is 2.52. The largest absolute Gasteiger partial charge is 0.466 e. The van der Waals surface area contributed by atoms with Gasteiger partial charge in [-0.05, 0) is 6.92 Å². The average molecular weight is 273 g/mol. The molecule has 1 amide bonds. The number of ether oxygens (including phenoxy) is 4. The summed E-state index contributed by atoms with van der Waals surface area (Å²) in [6, 6.07) is 0. The lowest BCUT2D eigenvalue weighted by atomic mass is 9.90. The molecule has 2 rings (SSSR count). The van der Waals surface area contributed by atoms with E-state index >= 15 is 0 Å². The normalized spacial score (nSPS) is 25.4. The third-order valence-corrected chi connectivity index (χ3v) is 3.44. The molecule has 19 heavy (non-hydrogen) atoms. The van der Waals surface area contributed by atoms with Crippen molar-refractivity contribution in [1.29, 1.82) is 0 Å². The van der Waals surface area contributed by atoms with Crippen LogP contribution in [0.2, 0.25) is 0 Å². The van der Waals surface area contributed by atoms with Crippen LogP contribution in [0.25, 0.3) is 0 Å². The minimum atomic E-state index is -0.948. The lowest BCUT2D eigenvalue weighted by Gasteiger charge is -2.41. The summed E-state index contributed by atoms with van der Waals surface area (Å²) in [5, 5.41) is 0. The number of piperidine rings is 1. The third-order valence-electron chi connectivity index (χ3n) is 3.44. The van der Waals surface area contributed by atoms with E-state index in [1.54, 1.807) is 6.92 Å². The molecule has 0 bridgehead atoms. The van der Waals surface area contributed by atoms with Crippen molar-refractivity contribution in [1.82, 2.24) is 4.90 Å². The smallest absolute Gasteiger partial charge is 0.409 e. The van der Waals surface area contributed by atoms with Crippen molar-refractivity contribution in [3.8, 4) is 0 Å². The predicted molar refractivity (Wildman–Crippen MR) is 63.4 cm³/mol. The number of hydrogen-bond acceptors (Lipinski definition) is 6. The summed E-state index contributed by atoms with van der Waals surface area (Å²) in [5.74, 6) is -1.99. The monoisotopic (exact) mass is 273 g/mol. The molecule has 0 aromatic heterocycles. The molecule has 0 aliphatic carbocycles. The SMILES string of the molecule is CCOC(=O)[C@@H]1CN(C(=O)OC)CCC12OCCO2. The fourth-order valence-corrected chi connectivity index (χ4v) is 2.52. The standard InChI is InChI=1S/C12H19NO6/c1-3-17-10(14)9-8-13(11(15)16-2)5-4-12(9)18-6-7-19-12/h9H,3-8H2,1-2H3/t9-/m0/s1. The van der Waals surface area contributed by atoms with Gasteiger partial charge in [0.15, 0.2) is 5.79 Å². The molecule has 2 aliphatic heterocycles. The van der Waals surface area contributed by atoms with Gasteiger partial charge in [-0.3, -0.25) is 4.79 Å². The van der Waals surface area contributed by atoms with Gasteiger partial charge in [-0.1, -0.05) is 0 Å². The molecule has 0 saturated carbocycles. The van der Waals surface area contributed by atoms with E-state index in [1.165, 1.54) is 12.0 Å². The summed E-state index contributed by atoms with van der Waals surface area (Å²) < 4.78 is 21.0. The first-order valence-electron chi connectivity index (χ1n) is 6.40. The Morgan fingerprint density at radius 1 is 1.37 bits per heavy atom. The van der Waals surface area contributed by atoms with Crippen molar-refractivity contribution >= 4 is 12.1 Å². The predicted octanol–water partition coefficient (Wildman–Crippen LogP) is 0.381. The van der Waals surface area contributed by atoms with E-state index in [0.717, 1.165) is 0 Å². The highest BCUT2D eigenvalue weighted by molar-refractivity contribution is 5.76. The van der Waals surface area contributed by atoms with Crippen LogP contribution in [0, 0.1) is 5.92 Å². The maximum absolute atomic E-state index is 12.1. The molecule has 2 saturated heterocycles. The van der Waals surface area contributed by atoms with Gasteiger partial charge in [-0.15, -0.1) is 0 Å². The summed E-state index contributed by atoms with van der Waals surface area (Å²) in [6.07, 6.45) is -0.0203. The van der Waals surface area contributed by atoms with E-state index in [1.807, 2.05) is 0 Å². The number of likely N-dealkylation sites (tertiary alicyclic amines) is 1. The van der Waals surface area contributed by atoms with Crippen LogP contribution >= 0.6 is 0 Å². The van der Waals surface area contributed by atoms with Gasteiger partial charge in [0.1, 0.15) is 5.92 Å². The molecule has 0 aromatic rings. The van der Waals surface area contributed by atoms with Crippen LogP contribution in [0.15, 0.2) is 0 Å². The number of rotatable bonds is 2. The quantitative estimate of drug-likeness (QED) is 0.677. The first kappa shape index (κ1) is 14.1. The molecule has 7 heteroatoms. The molecule has 108 valence electrons. The molecule has 0 radical (unpaired) electrons. The first-order chi connectivity index (χ1) is 9.13. The van der Waals surface area contributed by atoms with E-state index in [2.05, 4.69) is 4.74 Å². The zero-order chi connectivity index (χ0) is 13.9. The third kappa shape index (κ3) is 2.66. The Balaban J connectivity index is 2.14. The second kappa shape index (κ2) is 5.75. The van der Waals surface area contributed by atoms with Gasteiger partial charge in [0.05, 0.1) is 26.9 Å². The molecule has 1 spiro atoms. The minimum absolute atomic E-state index is 0.186. The molecule has 1 atom stereocenters. The van der Waals surface area contributed by atoms with Crippen LogP contribution in [0.1, 0.15) is 13.3 Å². The summed E-state index contributed by atoms with van der Waals surface area (Å²) in [4.78, 5) is 25.1. The number of amides is 1. The van der Waals surface area contributed by atoms with Crippen LogP contribution in [0.3, 0.4) is 0 Å². The Hall–Kier alpha value is -1.34. The number of methoxy groups -OCH3 is 1. The van der Waals surface area contributed by atoms with E-state index in [0.29, 0.717) is 26.2 Å². The Morgan fingerprint density at radius 3 is 2.63 bits per heavy atom. The van der Waals surface area contributed by atoms with Crippen LogP contribution in [0.4, 0.5) is 4.79 Å². The Morgan fingerprint density at radius 2 is 2.05 bits per heavy atom. The summed E-state index contributed by atoms with van der Waals surface area (Å²) >= 11 is 0. The lowest BCUT2D eigenvalue weighted by molar-refractivity contribution is -0.226. The van der Waals surface area contributed by atoms with E-state index in [4.69, 9.17) is 14.2 Å². The van der Waals surface area contributed by atoms with Crippen LogP contribution in [-0.2, 0) is 23.7 Å². The van der Waals surface area contributed by atoms with Gasteiger partial charge in [-0.2, -0.15) is 0 Å². The highest BCUT2D eigenvalue weighted by Crippen LogP contribution is 2.37. The van der Waals surface area contributed by atoms with Crippen LogP contribution in [0.5, 0.6) is 0 Å². The summed E-state index contributed by atoms with van der Waals surface area (Å²) in [7, 11) is 1.31. The van der Waals surface area contributed by atoms with Gasteiger partial charge in [0.2, 0.25) is 0 Å². The fraction of sp³-hybridized carbons (Fsp3) is 0.833. The second-order valence-corrected chi connectivity index (χ2v) is 4.48. The molecule has 2 fully saturated rings. The maximum atomic E-state index is 12.1. The van der Waals surface area contributed by atoms with Crippen molar-refractivity contribution in [3.63, 3.8) is 0 Å².